The smallest absolute Gasteiger partial charge is 0.153 e. The van der Waals surface area contributed by atoms with Crippen LogP contribution in [-0.4, -0.2) is 29.5 Å². The third-order valence-corrected chi connectivity index (χ3v) is 2.24. The van der Waals surface area contributed by atoms with Crippen LogP contribution in [0.1, 0.15) is 5.56 Å². The van der Waals surface area contributed by atoms with Crippen molar-refractivity contribution in [2.75, 3.05) is 13.6 Å². The number of benzene rings is 1. The highest BCUT2D eigenvalue weighted by Gasteiger charge is 2.07. The Labute approximate surface area is 98.1 Å². The summed E-state index contributed by atoms with van der Waals surface area (Å²) in [6.45, 7) is 0.588. The van der Waals surface area contributed by atoms with E-state index >= 15 is 0 Å². The summed E-state index contributed by atoms with van der Waals surface area (Å²) < 4.78 is 13.4. The summed E-state index contributed by atoms with van der Waals surface area (Å²) in [5.74, 6) is -0.249. The number of oxime groups is 1. The van der Waals surface area contributed by atoms with Crippen LogP contribution in [0.4, 0.5) is 4.39 Å². The van der Waals surface area contributed by atoms with Crippen molar-refractivity contribution in [1.29, 1.82) is 0 Å². The molecule has 0 radical (unpaired) electrons. The Bertz CT molecular complexity index is 398. The number of nitrogens with zero attached hydrogens (tertiary/aromatic N) is 2. The molecule has 0 unspecified atom stereocenters. The minimum Gasteiger partial charge on any atom is -0.409 e. The van der Waals surface area contributed by atoms with Gasteiger partial charge in [0.05, 0.1) is 6.54 Å². The van der Waals surface area contributed by atoms with Gasteiger partial charge in [-0.05, 0) is 25.2 Å². The molecule has 0 bridgehead atoms. The quantitative estimate of drug-likeness (QED) is 0.367. The monoisotopic (exact) mass is 245 g/mol. The fourth-order valence-corrected chi connectivity index (χ4v) is 1.51. The van der Waals surface area contributed by atoms with Gasteiger partial charge in [-0.15, -0.1) is 0 Å². The second-order valence-corrected chi connectivity index (χ2v) is 3.94. The van der Waals surface area contributed by atoms with Crippen molar-refractivity contribution >= 4 is 17.4 Å². The second kappa shape index (κ2) is 5.67. The Hall–Kier alpha value is -1.33. The fraction of sp³-hybridized carbons (Fsp3) is 0.300. The average Bonchev–Trinajstić information content (AvgIpc) is 2.23. The molecule has 88 valence electrons. The number of rotatable bonds is 4. The average molecular weight is 246 g/mol. The minimum absolute atomic E-state index is 0.0740. The Kier molecular flexibility index (Phi) is 4.52. The molecule has 16 heavy (non-hydrogen) atoms. The molecule has 0 atom stereocenters. The molecule has 0 heterocycles. The summed E-state index contributed by atoms with van der Waals surface area (Å²) in [6.07, 6.45) is 0. The van der Waals surface area contributed by atoms with Gasteiger partial charge in [-0.2, -0.15) is 0 Å². The number of amidine groups is 1. The van der Waals surface area contributed by atoms with Crippen LogP contribution in [0.3, 0.4) is 0 Å². The first-order valence-corrected chi connectivity index (χ1v) is 4.99. The van der Waals surface area contributed by atoms with Crippen LogP contribution in [0.5, 0.6) is 0 Å². The molecule has 0 aromatic heterocycles. The van der Waals surface area contributed by atoms with Crippen molar-refractivity contribution in [3.05, 3.63) is 34.6 Å². The van der Waals surface area contributed by atoms with Crippen LogP contribution in [0.2, 0.25) is 5.02 Å². The number of nitrogens with two attached hydrogens (primary N) is 1. The predicted octanol–water partition coefficient (Wildman–Crippen LogP) is 1.66. The van der Waals surface area contributed by atoms with Gasteiger partial charge in [-0.25, -0.2) is 4.39 Å². The van der Waals surface area contributed by atoms with E-state index in [1.807, 2.05) is 0 Å². The number of hydrogen-bond donors (Lipinski definition) is 2. The Balaban J connectivity index is 2.69. The van der Waals surface area contributed by atoms with Gasteiger partial charge in [0.2, 0.25) is 0 Å². The van der Waals surface area contributed by atoms with E-state index in [9.17, 15) is 4.39 Å². The van der Waals surface area contributed by atoms with Crippen molar-refractivity contribution in [3.63, 3.8) is 0 Å². The Morgan fingerprint density at radius 3 is 2.94 bits per heavy atom. The summed E-state index contributed by atoms with van der Waals surface area (Å²) >= 11 is 5.76. The third-order valence-electron chi connectivity index (χ3n) is 2.01. The second-order valence-electron chi connectivity index (χ2n) is 3.50. The molecule has 0 saturated heterocycles. The molecular formula is C10H13ClFN3O. The first-order valence-electron chi connectivity index (χ1n) is 4.62. The van der Waals surface area contributed by atoms with E-state index in [2.05, 4.69) is 5.16 Å². The SMILES string of the molecule is CN(C/C(N)=N/O)Cc1cc(Cl)ccc1F. The van der Waals surface area contributed by atoms with Gasteiger partial charge in [-0.1, -0.05) is 16.8 Å². The van der Waals surface area contributed by atoms with Gasteiger partial charge < -0.3 is 10.9 Å². The third kappa shape index (κ3) is 3.67. The molecule has 0 aliphatic heterocycles. The zero-order valence-electron chi connectivity index (χ0n) is 8.82. The van der Waals surface area contributed by atoms with E-state index in [1.165, 1.54) is 12.1 Å². The highest BCUT2D eigenvalue weighted by molar-refractivity contribution is 6.30. The topological polar surface area (TPSA) is 61.8 Å². The van der Waals surface area contributed by atoms with E-state index in [4.69, 9.17) is 22.5 Å². The standard InChI is InChI=1S/C10H13ClFN3O/c1-15(6-10(13)14-16)5-7-4-8(11)2-3-9(7)12/h2-4,16H,5-6H2,1H3,(H2,13,14). The highest BCUT2D eigenvalue weighted by Crippen LogP contribution is 2.16. The van der Waals surface area contributed by atoms with Crippen LogP contribution in [0.25, 0.3) is 0 Å². The van der Waals surface area contributed by atoms with Crippen molar-refractivity contribution < 1.29 is 9.60 Å². The van der Waals surface area contributed by atoms with Gasteiger partial charge in [0, 0.05) is 17.1 Å². The summed E-state index contributed by atoms with van der Waals surface area (Å²) in [5, 5.41) is 11.7. The molecule has 0 fully saturated rings. The van der Waals surface area contributed by atoms with E-state index in [-0.39, 0.29) is 18.2 Å². The molecule has 1 aromatic rings. The van der Waals surface area contributed by atoms with Crippen LogP contribution >= 0.6 is 11.6 Å². The van der Waals surface area contributed by atoms with Crippen molar-refractivity contribution in [2.45, 2.75) is 6.54 Å². The maximum atomic E-state index is 13.4. The van der Waals surface area contributed by atoms with Crippen molar-refractivity contribution in [2.24, 2.45) is 10.9 Å². The first kappa shape index (κ1) is 12.7. The van der Waals surface area contributed by atoms with Gasteiger partial charge in [0.15, 0.2) is 5.84 Å². The van der Waals surface area contributed by atoms with E-state index in [0.29, 0.717) is 17.1 Å². The minimum atomic E-state index is -0.323. The van der Waals surface area contributed by atoms with Crippen LogP contribution in [0.15, 0.2) is 23.4 Å². The molecule has 0 aliphatic carbocycles. The van der Waals surface area contributed by atoms with Gasteiger partial charge in [-0.3, -0.25) is 4.90 Å². The number of likely N-dealkylation sites (N-methyl/N-ethyl adjacent to an activating group) is 1. The summed E-state index contributed by atoms with van der Waals surface area (Å²) in [5.41, 5.74) is 5.81. The van der Waals surface area contributed by atoms with Gasteiger partial charge in [0.25, 0.3) is 0 Å². The fourth-order valence-electron chi connectivity index (χ4n) is 1.32. The van der Waals surface area contributed by atoms with Gasteiger partial charge >= 0.3 is 0 Å². The maximum Gasteiger partial charge on any atom is 0.153 e. The van der Waals surface area contributed by atoms with E-state index in [0.717, 1.165) is 0 Å². The largest absolute Gasteiger partial charge is 0.409 e. The lowest BCUT2D eigenvalue weighted by atomic mass is 10.2. The molecule has 0 saturated carbocycles. The van der Waals surface area contributed by atoms with Crippen LogP contribution in [-0.2, 0) is 6.54 Å². The lowest BCUT2D eigenvalue weighted by Crippen LogP contribution is -2.30. The number of halogens is 2. The molecule has 4 nitrogen and oxygen atoms in total. The molecule has 6 heteroatoms. The Morgan fingerprint density at radius 2 is 2.31 bits per heavy atom. The number of hydrogen-bond acceptors (Lipinski definition) is 3. The molecule has 1 aromatic carbocycles. The van der Waals surface area contributed by atoms with Crippen LogP contribution in [0, 0.1) is 5.82 Å². The highest BCUT2D eigenvalue weighted by atomic mass is 35.5. The zero-order valence-corrected chi connectivity index (χ0v) is 9.58. The summed E-state index contributed by atoms with van der Waals surface area (Å²) in [4.78, 5) is 1.71. The molecule has 0 aliphatic rings. The normalized spacial score (nSPS) is 12.1. The molecule has 0 spiro atoms. The van der Waals surface area contributed by atoms with E-state index in [1.54, 1.807) is 18.0 Å². The van der Waals surface area contributed by atoms with Crippen LogP contribution < -0.4 is 5.73 Å². The van der Waals surface area contributed by atoms with Gasteiger partial charge in [0.1, 0.15) is 5.82 Å². The summed E-state index contributed by atoms with van der Waals surface area (Å²) in [6, 6.07) is 4.36. The van der Waals surface area contributed by atoms with E-state index < -0.39 is 0 Å². The molecule has 3 N–H and O–H groups in total. The zero-order chi connectivity index (χ0) is 12.1. The first-order chi connectivity index (χ1) is 7.52. The maximum absolute atomic E-state index is 13.4. The van der Waals surface area contributed by atoms with Crippen molar-refractivity contribution in [1.82, 2.24) is 4.90 Å². The predicted molar refractivity (Wildman–Crippen MR) is 61.2 cm³/mol. The molecule has 0 amide bonds. The lowest BCUT2D eigenvalue weighted by Gasteiger charge is -2.16. The Morgan fingerprint density at radius 1 is 1.62 bits per heavy atom. The summed E-state index contributed by atoms with van der Waals surface area (Å²) in [7, 11) is 1.73. The van der Waals surface area contributed by atoms with Crippen molar-refractivity contribution in [3.8, 4) is 0 Å². The lowest BCUT2D eigenvalue weighted by molar-refractivity contribution is 0.307. The molecule has 1 rings (SSSR count). The molecular weight excluding hydrogens is 233 g/mol.